The van der Waals surface area contributed by atoms with E-state index in [4.69, 9.17) is 23.8 Å². The summed E-state index contributed by atoms with van der Waals surface area (Å²) in [6.45, 7) is 0. The largest absolute Gasteiger partial charge is 0.456 e. The third-order valence-electron chi connectivity index (χ3n) is 8.90. The lowest BCUT2D eigenvalue weighted by molar-refractivity contribution is 0.668. The predicted molar refractivity (Wildman–Crippen MR) is 186 cm³/mol. The van der Waals surface area contributed by atoms with Gasteiger partial charge < -0.3 is 8.83 Å². The Morgan fingerprint density at radius 1 is 0.348 bits per heavy atom. The average Bonchev–Trinajstić information content (AvgIpc) is 3.70. The Morgan fingerprint density at radius 3 is 1.70 bits per heavy atom. The molecular formula is C41H23N3O2. The molecular weight excluding hydrogens is 566 g/mol. The van der Waals surface area contributed by atoms with Crippen molar-refractivity contribution < 1.29 is 8.83 Å². The number of aromatic nitrogens is 3. The molecule has 3 aromatic heterocycles. The first-order valence-corrected chi connectivity index (χ1v) is 15.3. The minimum Gasteiger partial charge on any atom is -0.456 e. The van der Waals surface area contributed by atoms with Gasteiger partial charge in [-0.1, -0.05) is 103 Å². The summed E-state index contributed by atoms with van der Waals surface area (Å²) in [5, 5.41) is 8.77. The highest BCUT2D eigenvalue weighted by Crippen LogP contribution is 2.38. The fourth-order valence-corrected chi connectivity index (χ4v) is 6.74. The zero-order valence-electron chi connectivity index (χ0n) is 24.4. The lowest BCUT2D eigenvalue weighted by atomic mass is 10.0. The van der Waals surface area contributed by atoms with Gasteiger partial charge in [-0.05, 0) is 57.9 Å². The smallest absolute Gasteiger partial charge is 0.164 e. The van der Waals surface area contributed by atoms with Crippen LogP contribution in [-0.4, -0.2) is 15.0 Å². The van der Waals surface area contributed by atoms with Crippen molar-refractivity contribution in [3.63, 3.8) is 0 Å². The summed E-state index contributed by atoms with van der Waals surface area (Å²) in [6.07, 6.45) is 0. The monoisotopic (exact) mass is 589 g/mol. The van der Waals surface area contributed by atoms with Crippen LogP contribution in [0.15, 0.2) is 148 Å². The van der Waals surface area contributed by atoms with E-state index in [2.05, 4.69) is 91.0 Å². The summed E-state index contributed by atoms with van der Waals surface area (Å²) >= 11 is 0. The molecule has 0 radical (unpaired) electrons. The molecule has 0 amide bonds. The number of benzene rings is 7. The minimum absolute atomic E-state index is 0.599. The van der Waals surface area contributed by atoms with Crippen LogP contribution in [0.5, 0.6) is 0 Å². The number of nitrogens with zero attached hydrogens (tertiary/aromatic N) is 3. The van der Waals surface area contributed by atoms with Crippen molar-refractivity contribution in [2.75, 3.05) is 0 Å². The van der Waals surface area contributed by atoms with Crippen LogP contribution in [0.2, 0.25) is 0 Å². The van der Waals surface area contributed by atoms with Gasteiger partial charge in [0.1, 0.15) is 22.3 Å². The number of fused-ring (bicyclic) bond motifs is 9. The van der Waals surface area contributed by atoms with Crippen LogP contribution >= 0.6 is 0 Å². The van der Waals surface area contributed by atoms with Gasteiger partial charge in [-0.15, -0.1) is 0 Å². The summed E-state index contributed by atoms with van der Waals surface area (Å²) in [6, 6.07) is 47.6. The predicted octanol–water partition coefficient (Wildman–Crippen LogP) is 11.0. The van der Waals surface area contributed by atoms with Crippen LogP contribution in [0.1, 0.15) is 0 Å². The van der Waals surface area contributed by atoms with E-state index < -0.39 is 0 Å². The van der Waals surface area contributed by atoms with Crippen LogP contribution in [-0.2, 0) is 0 Å². The molecule has 7 aromatic carbocycles. The number of furan rings is 2. The van der Waals surface area contributed by atoms with Crippen molar-refractivity contribution in [1.29, 1.82) is 0 Å². The first-order valence-electron chi connectivity index (χ1n) is 15.3. The van der Waals surface area contributed by atoms with E-state index in [9.17, 15) is 0 Å². The Kier molecular flexibility index (Phi) is 5.22. The second-order valence-electron chi connectivity index (χ2n) is 11.6. The van der Waals surface area contributed by atoms with Gasteiger partial charge in [-0.2, -0.15) is 0 Å². The Balaban J connectivity index is 1.22. The highest BCUT2D eigenvalue weighted by Gasteiger charge is 2.18. The minimum atomic E-state index is 0.599. The summed E-state index contributed by atoms with van der Waals surface area (Å²) in [4.78, 5) is 15.3. The van der Waals surface area contributed by atoms with Crippen molar-refractivity contribution in [2.45, 2.75) is 0 Å². The molecule has 0 aliphatic rings. The summed E-state index contributed by atoms with van der Waals surface area (Å²) in [5.74, 6) is 1.82. The molecule has 46 heavy (non-hydrogen) atoms. The second-order valence-corrected chi connectivity index (χ2v) is 11.6. The third-order valence-corrected chi connectivity index (χ3v) is 8.90. The first kappa shape index (κ1) is 25.0. The number of hydrogen-bond acceptors (Lipinski definition) is 5. The highest BCUT2D eigenvalue weighted by atomic mass is 16.3. The van der Waals surface area contributed by atoms with Crippen molar-refractivity contribution in [3.8, 4) is 34.2 Å². The second kappa shape index (κ2) is 9.58. The van der Waals surface area contributed by atoms with E-state index in [0.29, 0.717) is 17.5 Å². The summed E-state index contributed by atoms with van der Waals surface area (Å²) in [5.41, 5.74) is 6.15. The normalized spacial score (nSPS) is 11.9. The summed E-state index contributed by atoms with van der Waals surface area (Å²) < 4.78 is 12.4. The van der Waals surface area contributed by atoms with Gasteiger partial charge in [0.2, 0.25) is 0 Å². The standard InChI is InChI=1S/C41H23N3O2/c1-2-9-25-22-27(17-16-24(25)8-1)39-42-40(44-41(43-39)32-12-7-15-35-38(32)31-11-4-6-14-34(31)45-35)28-18-20-29-26(23-28)19-21-36-37(29)30-10-3-5-13-33(30)46-36/h1-23H. The molecule has 0 saturated heterocycles. The maximum absolute atomic E-state index is 6.22. The number of hydrogen-bond donors (Lipinski definition) is 0. The Morgan fingerprint density at radius 2 is 0.913 bits per heavy atom. The van der Waals surface area contributed by atoms with E-state index in [-0.39, 0.29) is 0 Å². The van der Waals surface area contributed by atoms with Gasteiger partial charge in [-0.25, -0.2) is 15.0 Å². The Bertz CT molecular complexity index is 2830. The molecule has 0 fully saturated rings. The molecule has 5 nitrogen and oxygen atoms in total. The van der Waals surface area contributed by atoms with Crippen molar-refractivity contribution in [3.05, 3.63) is 140 Å². The molecule has 214 valence electrons. The van der Waals surface area contributed by atoms with Crippen molar-refractivity contribution in [2.24, 2.45) is 0 Å². The molecule has 0 unspecified atom stereocenters. The highest BCUT2D eigenvalue weighted by molar-refractivity contribution is 6.19. The van der Waals surface area contributed by atoms with E-state index in [1.165, 1.54) is 5.39 Å². The number of para-hydroxylation sites is 2. The van der Waals surface area contributed by atoms with E-state index >= 15 is 0 Å². The van der Waals surface area contributed by atoms with Gasteiger partial charge in [0, 0.05) is 38.2 Å². The molecule has 0 saturated carbocycles. The average molecular weight is 590 g/mol. The van der Waals surface area contributed by atoms with Gasteiger partial charge in [0.15, 0.2) is 17.5 Å². The van der Waals surface area contributed by atoms with Crippen molar-refractivity contribution >= 4 is 65.4 Å². The fraction of sp³-hybridized carbons (Fsp3) is 0. The molecule has 0 aliphatic heterocycles. The van der Waals surface area contributed by atoms with Crippen LogP contribution in [0, 0.1) is 0 Å². The van der Waals surface area contributed by atoms with Crippen molar-refractivity contribution in [1.82, 2.24) is 15.0 Å². The maximum atomic E-state index is 6.22. The Labute approximate surface area is 262 Å². The lowest BCUT2D eigenvalue weighted by Gasteiger charge is -2.10. The quantitative estimate of drug-likeness (QED) is 0.205. The molecule has 3 heterocycles. The summed E-state index contributed by atoms with van der Waals surface area (Å²) in [7, 11) is 0. The molecule has 10 aromatic rings. The SMILES string of the molecule is c1ccc2cc(-c3nc(-c4ccc5c(ccc6oc7ccccc7c65)c4)nc(-c4cccc5oc6ccccc6c45)n3)ccc2c1. The fourth-order valence-electron chi connectivity index (χ4n) is 6.74. The molecule has 0 spiro atoms. The third kappa shape index (κ3) is 3.79. The van der Waals surface area contributed by atoms with Crippen LogP contribution < -0.4 is 0 Å². The zero-order chi connectivity index (χ0) is 30.2. The zero-order valence-corrected chi connectivity index (χ0v) is 24.4. The van der Waals surface area contributed by atoms with Gasteiger partial charge >= 0.3 is 0 Å². The molecule has 0 bridgehead atoms. The van der Waals surface area contributed by atoms with Gasteiger partial charge in [0.25, 0.3) is 0 Å². The topological polar surface area (TPSA) is 65.0 Å². The first-order chi connectivity index (χ1) is 22.8. The maximum Gasteiger partial charge on any atom is 0.164 e. The van der Waals surface area contributed by atoms with E-state index in [1.54, 1.807) is 0 Å². The van der Waals surface area contributed by atoms with E-state index in [1.807, 2.05) is 48.5 Å². The van der Waals surface area contributed by atoms with Crippen LogP contribution in [0.4, 0.5) is 0 Å². The van der Waals surface area contributed by atoms with Crippen LogP contribution in [0.3, 0.4) is 0 Å². The lowest BCUT2D eigenvalue weighted by Crippen LogP contribution is -2.00. The van der Waals surface area contributed by atoms with Crippen LogP contribution in [0.25, 0.3) is 99.6 Å². The molecule has 5 heteroatoms. The molecule has 0 atom stereocenters. The molecule has 0 aliphatic carbocycles. The van der Waals surface area contributed by atoms with Gasteiger partial charge in [0.05, 0.1) is 0 Å². The Hall–Kier alpha value is -6.33. The molecule has 0 N–H and O–H groups in total. The van der Waals surface area contributed by atoms with Gasteiger partial charge in [-0.3, -0.25) is 0 Å². The molecule has 10 rings (SSSR count). The number of rotatable bonds is 3. The van der Waals surface area contributed by atoms with E-state index in [0.717, 1.165) is 76.7 Å².